The number of nitrogens with one attached hydrogen (secondary N) is 2. The number of sulfonamides is 1. The molecule has 0 radical (unpaired) electrons. The van der Waals surface area contributed by atoms with Crippen LogP contribution in [-0.4, -0.2) is 34.3 Å². The van der Waals surface area contributed by atoms with Gasteiger partial charge in [-0.25, -0.2) is 13.1 Å². The van der Waals surface area contributed by atoms with Crippen molar-refractivity contribution >= 4 is 16.1 Å². The van der Waals surface area contributed by atoms with Crippen molar-refractivity contribution < 1.29 is 8.42 Å². The Balaban J connectivity index is 2.11. The third-order valence-corrected chi connectivity index (χ3v) is 2.77. The molecule has 0 bridgehead atoms. The SMILES string of the molecule is CS(=O)(=O)NCCNCC=Cc1ccccc1. The summed E-state index contributed by atoms with van der Waals surface area (Å²) < 4.78 is 23.9. The molecule has 2 N–H and O–H groups in total. The number of rotatable bonds is 7. The minimum absolute atomic E-state index is 0.415. The molecule has 0 saturated carbocycles. The largest absolute Gasteiger partial charge is 0.312 e. The Hall–Kier alpha value is -1.17. The van der Waals surface area contributed by atoms with Crippen molar-refractivity contribution in [2.24, 2.45) is 0 Å². The first-order valence-electron chi connectivity index (χ1n) is 5.45. The van der Waals surface area contributed by atoms with Gasteiger partial charge in [0.1, 0.15) is 0 Å². The summed E-state index contributed by atoms with van der Waals surface area (Å²) >= 11 is 0. The van der Waals surface area contributed by atoms with E-state index >= 15 is 0 Å². The summed E-state index contributed by atoms with van der Waals surface area (Å²) in [6.45, 7) is 1.75. The second-order valence-electron chi connectivity index (χ2n) is 3.68. The molecule has 0 aliphatic heterocycles. The molecule has 1 rings (SSSR count). The van der Waals surface area contributed by atoms with Crippen LogP contribution in [0.25, 0.3) is 6.08 Å². The van der Waals surface area contributed by atoms with Gasteiger partial charge in [-0.1, -0.05) is 42.5 Å². The molecule has 1 aromatic rings. The van der Waals surface area contributed by atoms with Crippen LogP contribution in [0.3, 0.4) is 0 Å². The van der Waals surface area contributed by atoms with E-state index < -0.39 is 10.0 Å². The third-order valence-electron chi connectivity index (χ3n) is 2.04. The second-order valence-corrected chi connectivity index (χ2v) is 5.52. The molecule has 94 valence electrons. The first kappa shape index (κ1) is 13.9. The van der Waals surface area contributed by atoms with Gasteiger partial charge in [-0.3, -0.25) is 0 Å². The highest BCUT2D eigenvalue weighted by Crippen LogP contribution is 1.99. The van der Waals surface area contributed by atoms with Gasteiger partial charge in [0.2, 0.25) is 10.0 Å². The van der Waals surface area contributed by atoms with Gasteiger partial charge in [-0.2, -0.15) is 0 Å². The quantitative estimate of drug-likeness (QED) is 0.709. The van der Waals surface area contributed by atoms with Crippen molar-refractivity contribution in [3.8, 4) is 0 Å². The number of benzene rings is 1. The molecule has 0 aliphatic carbocycles. The molecule has 4 nitrogen and oxygen atoms in total. The van der Waals surface area contributed by atoms with Gasteiger partial charge in [0.05, 0.1) is 6.26 Å². The van der Waals surface area contributed by atoms with Crippen LogP contribution in [0.4, 0.5) is 0 Å². The van der Waals surface area contributed by atoms with E-state index in [0.717, 1.165) is 18.4 Å². The molecule has 0 aliphatic rings. The van der Waals surface area contributed by atoms with Crippen molar-refractivity contribution in [3.05, 3.63) is 42.0 Å². The molecule has 17 heavy (non-hydrogen) atoms. The van der Waals surface area contributed by atoms with Crippen LogP contribution < -0.4 is 10.0 Å². The Morgan fingerprint density at radius 1 is 1.18 bits per heavy atom. The van der Waals surface area contributed by atoms with Crippen LogP contribution in [0.5, 0.6) is 0 Å². The van der Waals surface area contributed by atoms with Crippen LogP contribution in [0.2, 0.25) is 0 Å². The Kier molecular flexibility index (Phi) is 5.90. The highest BCUT2D eigenvalue weighted by molar-refractivity contribution is 7.88. The lowest BCUT2D eigenvalue weighted by atomic mass is 10.2. The van der Waals surface area contributed by atoms with E-state index in [1.807, 2.05) is 42.5 Å². The Bertz CT molecular complexity index is 441. The van der Waals surface area contributed by atoms with E-state index in [-0.39, 0.29) is 0 Å². The Morgan fingerprint density at radius 3 is 2.53 bits per heavy atom. The van der Waals surface area contributed by atoms with E-state index in [1.54, 1.807) is 0 Å². The van der Waals surface area contributed by atoms with E-state index in [9.17, 15) is 8.42 Å². The summed E-state index contributed by atoms with van der Waals surface area (Å²) in [5.74, 6) is 0. The fraction of sp³-hybridized carbons (Fsp3) is 0.333. The fourth-order valence-electron chi connectivity index (χ4n) is 1.27. The molecule has 0 atom stereocenters. The van der Waals surface area contributed by atoms with E-state index in [0.29, 0.717) is 13.1 Å². The van der Waals surface area contributed by atoms with Crippen molar-refractivity contribution in [1.82, 2.24) is 10.0 Å². The molecular formula is C12H18N2O2S. The molecule has 0 amide bonds. The van der Waals surface area contributed by atoms with Gasteiger partial charge in [-0.15, -0.1) is 0 Å². The molecule has 0 spiro atoms. The molecule has 5 heteroatoms. The normalized spacial score (nSPS) is 12.1. The lowest BCUT2D eigenvalue weighted by Gasteiger charge is -2.02. The third kappa shape index (κ3) is 7.68. The number of hydrogen-bond acceptors (Lipinski definition) is 3. The van der Waals surface area contributed by atoms with Gasteiger partial charge in [0, 0.05) is 19.6 Å². The first-order valence-corrected chi connectivity index (χ1v) is 7.34. The van der Waals surface area contributed by atoms with Crippen molar-refractivity contribution in [3.63, 3.8) is 0 Å². The molecule has 0 saturated heterocycles. The topological polar surface area (TPSA) is 58.2 Å². The molecule has 0 heterocycles. The second kappa shape index (κ2) is 7.21. The average Bonchev–Trinajstić information content (AvgIpc) is 2.28. The van der Waals surface area contributed by atoms with Crippen molar-refractivity contribution in [1.29, 1.82) is 0 Å². The zero-order valence-electron chi connectivity index (χ0n) is 9.89. The van der Waals surface area contributed by atoms with E-state index in [4.69, 9.17) is 0 Å². The van der Waals surface area contributed by atoms with Crippen molar-refractivity contribution in [2.75, 3.05) is 25.9 Å². The summed E-state index contributed by atoms with van der Waals surface area (Å²) in [5, 5.41) is 3.11. The van der Waals surface area contributed by atoms with Crippen LogP contribution in [0.1, 0.15) is 5.56 Å². The maximum Gasteiger partial charge on any atom is 0.208 e. The molecule has 0 aromatic heterocycles. The molecule has 0 unspecified atom stereocenters. The monoisotopic (exact) mass is 254 g/mol. The summed E-state index contributed by atoms with van der Waals surface area (Å²) in [4.78, 5) is 0. The molecule has 1 aromatic carbocycles. The molecule has 0 fully saturated rings. The predicted molar refractivity (Wildman–Crippen MR) is 71.2 cm³/mol. The van der Waals surface area contributed by atoms with Gasteiger partial charge < -0.3 is 5.32 Å². The maximum atomic E-state index is 10.8. The van der Waals surface area contributed by atoms with Crippen LogP contribution in [0.15, 0.2) is 36.4 Å². The van der Waals surface area contributed by atoms with Gasteiger partial charge in [0.15, 0.2) is 0 Å². The van der Waals surface area contributed by atoms with Crippen LogP contribution >= 0.6 is 0 Å². The number of hydrogen-bond donors (Lipinski definition) is 2. The summed E-state index contributed by atoms with van der Waals surface area (Å²) in [7, 11) is -3.07. The highest BCUT2D eigenvalue weighted by Gasteiger charge is 1.96. The van der Waals surface area contributed by atoms with E-state index in [2.05, 4.69) is 10.0 Å². The minimum atomic E-state index is -3.07. The maximum absolute atomic E-state index is 10.8. The average molecular weight is 254 g/mol. The lowest BCUT2D eigenvalue weighted by Crippen LogP contribution is -2.31. The Labute approximate surface area is 103 Å². The minimum Gasteiger partial charge on any atom is -0.312 e. The van der Waals surface area contributed by atoms with Gasteiger partial charge in [0.25, 0.3) is 0 Å². The van der Waals surface area contributed by atoms with Gasteiger partial charge >= 0.3 is 0 Å². The zero-order valence-corrected chi connectivity index (χ0v) is 10.7. The van der Waals surface area contributed by atoms with Crippen LogP contribution in [0, 0.1) is 0 Å². The first-order chi connectivity index (χ1) is 8.08. The van der Waals surface area contributed by atoms with Crippen LogP contribution in [-0.2, 0) is 10.0 Å². The fourth-order valence-corrected chi connectivity index (χ4v) is 1.74. The lowest BCUT2D eigenvalue weighted by molar-refractivity contribution is 0.584. The highest BCUT2D eigenvalue weighted by atomic mass is 32.2. The standard InChI is InChI=1S/C12H18N2O2S/c1-17(15,16)14-11-10-13-9-5-8-12-6-3-2-4-7-12/h2-8,13-14H,9-11H2,1H3. The van der Waals surface area contributed by atoms with Gasteiger partial charge in [-0.05, 0) is 5.56 Å². The smallest absolute Gasteiger partial charge is 0.208 e. The summed E-state index contributed by atoms with van der Waals surface area (Å²) in [5.41, 5.74) is 1.16. The Morgan fingerprint density at radius 2 is 1.88 bits per heavy atom. The zero-order chi connectivity index (χ0) is 12.6. The van der Waals surface area contributed by atoms with E-state index in [1.165, 1.54) is 0 Å². The predicted octanol–water partition coefficient (Wildman–Crippen LogP) is 0.839. The summed E-state index contributed by atoms with van der Waals surface area (Å²) in [6.07, 6.45) is 5.19. The molecular weight excluding hydrogens is 236 g/mol. The van der Waals surface area contributed by atoms with Crippen molar-refractivity contribution in [2.45, 2.75) is 0 Å². The summed E-state index contributed by atoms with van der Waals surface area (Å²) in [6, 6.07) is 10.0.